The molecule has 6 aromatic rings. The Bertz CT molecular complexity index is 1730. The van der Waals surface area contributed by atoms with E-state index in [2.05, 4.69) is 173 Å². The van der Waals surface area contributed by atoms with E-state index >= 15 is 0 Å². The van der Waals surface area contributed by atoms with E-state index in [0.717, 1.165) is 0 Å². The number of benzene rings is 1. The summed E-state index contributed by atoms with van der Waals surface area (Å²) < 4.78 is 0. The lowest BCUT2D eigenvalue weighted by atomic mass is 10.0. The van der Waals surface area contributed by atoms with Crippen molar-refractivity contribution in [1.82, 2.24) is 0 Å². The molecule has 6 rings (SSSR count). The zero-order valence-electron chi connectivity index (χ0n) is 34.6. The van der Waals surface area contributed by atoms with Crippen molar-refractivity contribution in [1.29, 1.82) is 0 Å². The van der Waals surface area contributed by atoms with Gasteiger partial charge >= 0.3 is 0 Å². The fourth-order valence-electron chi connectivity index (χ4n) is 4.87. The largest absolute Gasteiger partial charge is 0.149 e. The highest BCUT2D eigenvalue weighted by atomic mass is 32.1. The van der Waals surface area contributed by atoms with Crippen LogP contribution in [-0.2, 0) is 0 Å². The Kier molecular flexibility index (Phi) is 20.1. The van der Waals surface area contributed by atoms with Crippen molar-refractivity contribution in [2.24, 2.45) is 0 Å². The van der Waals surface area contributed by atoms with Crippen LogP contribution in [0.15, 0.2) is 41.8 Å². The molecular weight excluding hydrogens is 701 g/mol. The molecule has 0 nitrogen and oxygen atoms in total. The van der Waals surface area contributed by atoms with Crippen LogP contribution in [0.5, 0.6) is 0 Å². The second kappa shape index (κ2) is 21.9. The van der Waals surface area contributed by atoms with Gasteiger partial charge in [-0.3, -0.25) is 0 Å². The lowest BCUT2D eigenvalue weighted by Gasteiger charge is -2.04. The molecule has 0 spiro atoms. The predicted molar refractivity (Wildman–Crippen MR) is 238 cm³/mol. The van der Waals surface area contributed by atoms with E-state index in [1.165, 1.54) is 99.5 Å². The first-order valence-corrected chi connectivity index (χ1v) is 21.5. The average molecular weight is 765 g/mol. The van der Waals surface area contributed by atoms with E-state index in [1.54, 1.807) is 0 Å². The van der Waals surface area contributed by atoms with Gasteiger partial charge in [0.15, 0.2) is 0 Å². The van der Waals surface area contributed by atoms with E-state index in [9.17, 15) is 0 Å². The van der Waals surface area contributed by atoms with Crippen molar-refractivity contribution < 1.29 is 0 Å². The van der Waals surface area contributed by atoms with Crippen molar-refractivity contribution in [3.8, 4) is 0 Å². The third-order valence-corrected chi connectivity index (χ3v) is 14.4. The van der Waals surface area contributed by atoms with Crippen molar-refractivity contribution in [2.45, 2.75) is 132 Å². The molecule has 0 aliphatic rings. The highest BCUT2D eigenvalue weighted by Gasteiger charge is 2.02. The Morgan fingerprint density at radius 1 is 0.300 bits per heavy atom. The molecule has 0 saturated heterocycles. The van der Waals surface area contributed by atoms with Crippen LogP contribution < -0.4 is 0 Å². The molecule has 0 aliphatic carbocycles. The van der Waals surface area contributed by atoms with Gasteiger partial charge in [-0.15, -0.1) is 56.7 Å². The fourth-order valence-corrected chi connectivity index (χ4v) is 9.46. The van der Waals surface area contributed by atoms with Gasteiger partial charge in [-0.05, 0) is 211 Å². The zero-order valence-corrected chi connectivity index (χ0v) is 38.7. The normalized spacial score (nSPS) is 9.90. The van der Waals surface area contributed by atoms with Gasteiger partial charge in [0.25, 0.3) is 0 Å². The smallest absolute Gasteiger partial charge is 0.00489 e. The Morgan fingerprint density at radius 2 is 0.700 bits per heavy atom. The van der Waals surface area contributed by atoms with Crippen molar-refractivity contribution >= 4 is 56.7 Å². The van der Waals surface area contributed by atoms with Crippen LogP contribution in [0.2, 0.25) is 0 Å². The third-order valence-electron chi connectivity index (χ3n) is 8.98. The molecule has 0 aliphatic heterocycles. The summed E-state index contributed by atoms with van der Waals surface area (Å²) in [6.07, 6.45) is 0. The molecule has 50 heavy (non-hydrogen) atoms. The van der Waals surface area contributed by atoms with Crippen LogP contribution in [0.1, 0.15) is 99.5 Å². The van der Waals surface area contributed by atoms with Crippen LogP contribution in [-0.4, -0.2) is 0 Å². The van der Waals surface area contributed by atoms with E-state index in [4.69, 9.17) is 0 Å². The summed E-state index contributed by atoms with van der Waals surface area (Å²) >= 11 is 9.31. The molecule has 0 saturated carbocycles. The van der Waals surface area contributed by atoms with E-state index < -0.39 is 0 Å². The lowest BCUT2D eigenvalue weighted by molar-refractivity contribution is 1.23. The van der Waals surface area contributed by atoms with Gasteiger partial charge in [-0.25, -0.2) is 0 Å². The maximum atomic E-state index is 2.22. The first-order chi connectivity index (χ1) is 23.1. The number of aryl methyl sites for hydroxylation is 15. The standard InChI is InChI=1S/C10H14.C8H12S.3C7H10S.C6H8S/c1-7-5-8(2)10(4)9(3)6-7;1-5-6(2)8(4)9-7(5)3;1-5-4-8-7(3)6(5)2;2*1-5-4-6(2)8-7(5)3;1-5-3-4-6(2)7-5/h5-6H,1-4H3;1-4H3;3*4H,1-3H3;3-4H,1-2H3. The first kappa shape index (κ1) is 45.7. The minimum atomic E-state index is 1.36. The Labute approximate surface area is 327 Å². The number of hydrogen-bond acceptors (Lipinski definition) is 5. The van der Waals surface area contributed by atoms with Crippen LogP contribution >= 0.6 is 56.7 Å². The molecular formula is C45H64S5. The van der Waals surface area contributed by atoms with Gasteiger partial charge in [0.2, 0.25) is 0 Å². The van der Waals surface area contributed by atoms with E-state index in [1.807, 2.05) is 56.7 Å². The predicted octanol–water partition coefficient (Wildman–Crippen LogP) is 16.3. The third kappa shape index (κ3) is 15.9. The van der Waals surface area contributed by atoms with E-state index in [0.29, 0.717) is 0 Å². The molecule has 0 radical (unpaired) electrons. The van der Waals surface area contributed by atoms with Crippen molar-refractivity contribution in [2.75, 3.05) is 0 Å². The molecule has 5 heterocycles. The van der Waals surface area contributed by atoms with Crippen LogP contribution in [0.4, 0.5) is 0 Å². The lowest BCUT2D eigenvalue weighted by Crippen LogP contribution is -1.86. The summed E-state index contributed by atoms with van der Waals surface area (Å²) in [6, 6.07) is 13.2. The SMILES string of the molecule is Cc1cc(C)c(C)c(C)c1.Cc1cc(C)c(C)s1.Cc1cc(C)c(C)s1.Cc1ccc(C)s1.Cc1csc(C)c1C.Cc1sc(C)c(C)c1C. The maximum Gasteiger partial charge on any atom is 0.00489 e. The van der Waals surface area contributed by atoms with Gasteiger partial charge in [0.1, 0.15) is 0 Å². The van der Waals surface area contributed by atoms with E-state index in [-0.39, 0.29) is 0 Å². The van der Waals surface area contributed by atoms with Gasteiger partial charge in [-0.2, -0.15) is 0 Å². The van der Waals surface area contributed by atoms with Crippen molar-refractivity contribution in [3.05, 3.63) is 141 Å². The number of thiophene rings is 5. The summed E-state index contributed by atoms with van der Waals surface area (Å²) in [5.41, 5.74) is 14.2. The molecule has 0 bridgehead atoms. The number of hydrogen-bond donors (Lipinski definition) is 0. The highest BCUT2D eigenvalue weighted by molar-refractivity contribution is 7.13. The van der Waals surface area contributed by atoms with Crippen LogP contribution in [0, 0.1) is 132 Å². The molecule has 1 aromatic carbocycles. The molecule has 5 aromatic heterocycles. The van der Waals surface area contributed by atoms with Gasteiger partial charge in [0, 0.05) is 43.9 Å². The van der Waals surface area contributed by atoms with Crippen LogP contribution in [0.25, 0.3) is 0 Å². The van der Waals surface area contributed by atoms with Crippen molar-refractivity contribution in [3.63, 3.8) is 0 Å². The summed E-state index contributed by atoms with van der Waals surface area (Å²) in [7, 11) is 0. The summed E-state index contributed by atoms with van der Waals surface area (Å²) in [4.78, 5) is 12.9. The zero-order chi connectivity index (χ0) is 38.5. The molecule has 0 fully saturated rings. The second-order valence-electron chi connectivity index (χ2n) is 13.4. The molecule has 5 heteroatoms. The summed E-state index contributed by atoms with van der Waals surface area (Å²) in [6.45, 7) is 41.0. The van der Waals surface area contributed by atoms with Gasteiger partial charge in [-0.1, -0.05) is 17.7 Å². The fraction of sp³-hybridized carbons (Fsp3) is 0.422. The Hall–Kier alpha value is -2.28. The maximum absolute atomic E-state index is 2.22. The first-order valence-electron chi connectivity index (χ1n) is 17.3. The average Bonchev–Trinajstić information content (AvgIpc) is 3.78. The molecule has 0 N–H and O–H groups in total. The summed E-state index contributed by atoms with van der Waals surface area (Å²) in [5, 5.41) is 2.20. The number of rotatable bonds is 0. The van der Waals surface area contributed by atoms with Crippen LogP contribution in [0.3, 0.4) is 0 Å². The second-order valence-corrected chi connectivity index (χ2v) is 20.4. The molecule has 274 valence electrons. The van der Waals surface area contributed by atoms with Gasteiger partial charge in [0.05, 0.1) is 0 Å². The highest BCUT2D eigenvalue weighted by Crippen LogP contribution is 2.25. The van der Waals surface area contributed by atoms with Gasteiger partial charge < -0.3 is 0 Å². The Morgan fingerprint density at radius 3 is 0.860 bits per heavy atom. The Balaban J connectivity index is 0.000000301. The molecule has 0 atom stereocenters. The summed E-state index contributed by atoms with van der Waals surface area (Å²) in [5.74, 6) is 0. The minimum absolute atomic E-state index is 1.36. The topological polar surface area (TPSA) is 0 Å². The monoisotopic (exact) mass is 764 g/mol. The quantitative estimate of drug-likeness (QED) is 0.144. The molecule has 0 unspecified atom stereocenters. The molecule has 0 amide bonds. The minimum Gasteiger partial charge on any atom is -0.149 e.